The van der Waals surface area contributed by atoms with Gasteiger partial charge in [-0.3, -0.25) is 4.99 Å². The van der Waals surface area contributed by atoms with Crippen molar-refractivity contribution in [2.75, 3.05) is 20.1 Å². The van der Waals surface area contributed by atoms with Crippen molar-refractivity contribution in [3.63, 3.8) is 0 Å². The number of unbranched alkanes of at least 4 members (excludes halogenated alkanes) is 1. The average Bonchev–Trinajstić information content (AvgIpc) is 3.29. The first kappa shape index (κ1) is 23.9. The van der Waals surface area contributed by atoms with Crippen LogP contribution in [0.5, 0.6) is 0 Å². The first-order valence-electron chi connectivity index (χ1n) is 10.2. The number of aromatic nitrogens is 3. The van der Waals surface area contributed by atoms with Crippen molar-refractivity contribution in [1.29, 1.82) is 0 Å². The van der Waals surface area contributed by atoms with Crippen LogP contribution in [0.2, 0.25) is 0 Å². The molecule has 0 aliphatic heterocycles. The summed E-state index contributed by atoms with van der Waals surface area (Å²) in [5, 5.41) is 14.6. The summed E-state index contributed by atoms with van der Waals surface area (Å²) < 4.78 is 2.00. The van der Waals surface area contributed by atoms with Crippen molar-refractivity contribution in [2.45, 2.75) is 31.7 Å². The number of aryl methyl sites for hydroxylation is 1. The molecule has 0 aliphatic carbocycles. The van der Waals surface area contributed by atoms with Gasteiger partial charge in [0.05, 0.1) is 0 Å². The second kappa shape index (κ2) is 13.7. The summed E-state index contributed by atoms with van der Waals surface area (Å²) in [4.78, 5) is 4.38. The van der Waals surface area contributed by atoms with E-state index in [9.17, 15) is 0 Å². The third-order valence-electron chi connectivity index (χ3n) is 4.94. The van der Waals surface area contributed by atoms with Crippen LogP contribution in [-0.4, -0.2) is 40.9 Å². The smallest absolute Gasteiger partial charge is 0.190 e. The summed E-state index contributed by atoms with van der Waals surface area (Å²) >= 11 is 0. The number of rotatable bonds is 10. The Morgan fingerprint density at radius 3 is 2.27 bits per heavy atom. The molecule has 1 unspecified atom stereocenters. The maximum Gasteiger partial charge on any atom is 0.190 e. The third kappa shape index (κ3) is 8.14. The van der Waals surface area contributed by atoms with E-state index in [-0.39, 0.29) is 24.0 Å². The lowest BCUT2D eigenvalue weighted by molar-refractivity contribution is 0.593. The number of guanidine groups is 1. The van der Waals surface area contributed by atoms with Gasteiger partial charge in [0, 0.05) is 32.6 Å². The van der Waals surface area contributed by atoms with Crippen molar-refractivity contribution in [3.05, 3.63) is 84.4 Å². The van der Waals surface area contributed by atoms with Crippen LogP contribution in [0.3, 0.4) is 0 Å². The van der Waals surface area contributed by atoms with Gasteiger partial charge in [0.25, 0.3) is 0 Å². The number of nitrogens with one attached hydrogen (secondary N) is 2. The molecule has 0 saturated carbocycles. The first-order chi connectivity index (χ1) is 14.3. The summed E-state index contributed by atoms with van der Waals surface area (Å²) in [6.45, 7) is 2.66. The second-order valence-electron chi connectivity index (χ2n) is 7.08. The molecule has 1 atom stereocenters. The molecular weight excluding hydrogens is 487 g/mol. The van der Waals surface area contributed by atoms with Crippen LogP contribution in [-0.2, 0) is 13.0 Å². The number of nitrogens with zero attached hydrogens (tertiary/aromatic N) is 4. The van der Waals surface area contributed by atoms with Gasteiger partial charge in [0.15, 0.2) is 5.96 Å². The molecule has 7 heteroatoms. The lowest BCUT2D eigenvalue weighted by atomic mass is 9.92. The van der Waals surface area contributed by atoms with E-state index in [0.717, 1.165) is 44.9 Å². The van der Waals surface area contributed by atoms with E-state index < -0.39 is 0 Å². The zero-order chi connectivity index (χ0) is 20.2. The Balaban J connectivity index is 0.00000320. The highest BCUT2D eigenvalue weighted by atomic mass is 127. The van der Waals surface area contributed by atoms with Gasteiger partial charge >= 0.3 is 0 Å². The Morgan fingerprint density at radius 1 is 0.933 bits per heavy atom. The average molecular weight is 518 g/mol. The second-order valence-corrected chi connectivity index (χ2v) is 7.08. The van der Waals surface area contributed by atoms with E-state index >= 15 is 0 Å². The minimum Gasteiger partial charge on any atom is -0.356 e. The molecule has 0 radical (unpaired) electrons. The summed E-state index contributed by atoms with van der Waals surface area (Å²) in [7, 11) is 1.82. The van der Waals surface area contributed by atoms with Crippen molar-refractivity contribution in [1.82, 2.24) is 25.4 Å². The minimum absolute atomic E-state index is 0. The maximum absolute atomic E-state index is 4.38. The maximum atomic E-state index is 4.38. The zero-order valence-corrected chi connectivity index (χ0v) is 19.8. The van der Waals surface area contributed by atoms with Gasteiger partial charge in [0.1, 0.15) is 12.7 Å². The van der Waals surface area contributed by atoms with Crippen molar-refractivity contribution in [2.24, 2.45) is 4.99 Å². The SMILES string of the molecule is CN=C(NCCCCn1cnnc1)NCC(Cc1ccccc1)c1ccccc1.I. The van der Waals surface area contributed by atoms with E-state index in [1.165, 1.54) is 11.1 Å². The lowest BCUT2D eigenvalue weighted by Gasteiger charge is -2.20. The Hall–Kier alpha value is -2.42. The molecular formula is C23H31IN6. The van der Waals surface area contributed by atoms with Crippen molar-refractivity contribution >= 4 is 29.9 Å². The molecule has 0 saturated heterocycles. The fourth-order valence-electron chi connectivity index (χ4n) is 3.34. The number of aliphatic imine (C=N–C) groups is 1. The highest BCUT2D eigenvalue weighted by Gasteiger charge is 2.13. The van der Waals surface area contributed by atoms with Crippen LogP contribution in [0, 0.1) is 0 Å². The first-order valence-corrected chi connectivity index (χ1v) is 10.2. The molecule has 0 bridgehead atoms. The molecule has 3 rings (SSSR count). The zero-order valence-electron chi connectivity index (χ0n) is 17.4. The summed E-state index contributed by atoms with van der Waals surface area (Å²) in [5.74, 6) is 1.23. The Kier molecular flexibility index (Phi) is 10.9. The third-order valence-corrected chi connectivity index (χ3v) is 4.94. The number of benzene rings is 2. The van der Waals surface area contributed by atoms with E-state index in [1.54, 1.807) is 12.7 Å². The van der Waals surface area contributed by atoms with Gasteiger partial charge in [-0.2, -0.15) is 0 Å². The molecule has 3 aromatic rings. The molecule has 30 heavy (non-hydrogen) atoms. The minimum atomic E-state index is 0. The molecule has 6 nitrogen and oxygen atoms in total. The van der Waals surface area contributed by atoms with Crippen LogP contribution in [0.1, 0.15) is 29.9 Å². The highest BCUT2D eigenvalue weighted by Crippen LogP contribution is 2.20. The standard InChI is InChI=1S/C23H30N6.HI/c1-24-23(25-14-8-9-15-29-18-27-28-19-29)26-17-22(21-12-6-3-7-13-21)16-20-10-4-2-5-11-20;/h2-7,10-13,18-19,22H,8-9,14-17H2,1H3,(H2,24,25,26);1H. The van der Waals surface area contributed by atoms with E-state index in [0.29, 0.717) is 5.92 Å². The highest BCUT2D eigenvalue weighted by molar-refractivity contribution is 14.0. The summed E-state index contributed by atoms with van der Waals surface area (Å²) in [6, 6.07) is 21.3. The number of hydrogen-bond donors (Lipinski definition) is 2. The van der Waals surface area contributed by atoms with Crippen LogP contribution < -0.4 is 10.6 Å². The monoisotopic (exact) mass is 518 g/mol. The van der Waals surface area contributed by atoms with Crippen LogP contribution >= 0.6 is 24.0 Å². The van der Waals surface area contributed by atoms with Gasteiger partial charge in [-0.1, -0.05) is 60.7 Å². The quantitative estimate of drug-likeness (QED) is 0.185. The fourth-order valence-corrected chi connectivity index (χ4v) is 3.34. The Bertz CT molecular complexity index is 837. The van der Waals surface area contributed by atoms with Crippen molar-refractivity contribution in [3.8, 4) is 0 Å². The van der Waals surface area contributed by atoms with Crippen molar-refractivity contribution < 1.29 is 0 Å². The predicted molar refractivity (Wildman–Crippen MR) is 133 cm³/mol. The summed E-state index contributed by atoms with van der Waals surface area (Å²) in [5.41, 5.74) is 2.69. The van der Waals surface area contributed by atoms with Gasteiger partial charge in [-0.05, 0) is 30.4 Å². The van der Waals surface area contributed by atoms with Crippen LogP contribution in [0.4, 0.5) is 0 Å². The molecule has 1 heterocycles. The van der Waals surface area contributed by atoms with Gasteiger partial charge in [0.2, 0.25) is 0 Å². The Labute approximate surface area is 196 Å². The van der Waals surface area contributed by atoms with Gasteiger partial charge in [-0.15, -0.1) is 34.2 Å². The topological polar surface area (TPSA) is 67.1 Å². The van der Waals surface area contributed by atoms with Crippen LogP contribution in [0.15, 0.2) is 78.3 Å². The summed E-state index contributed by atoms with van der Waals surface area (Å²) in [6.07, 6.45) is 6.64. The molecule has 0 fully saturated rings. The van der Waals surface area contributed by atoms with E-state index in [1.807, 2.05) is 11.6 Å². The van der Waals surface area contributed by atoms with E-state index in [4.69, 9.17) is 0 Å². The normalized spacial score (nSPS) is 12.1. The molecule has 0 spiro atoms. The van der Waals surface area contributed by atoms with Gasteiger partial charge < -0.3 is 15.2 Å². The molecule has 2 aromatic carbocycles. The van der Waals surface area contributed by atoms with Crippen LogP contribution in [0.25, 0.3) is 0 Å². The molecule has 0 amide bonds. The molecule has 160 valence electrons. The van der Waals surface area contributed by atoms with Gasteiger partial charge in [-0.25, -0.2) is 0 Å². The molecule has 1 aromatic heterocycles. The van der Waals surface area contributed by atoms with E-state index in [2.05, 4.69) is 86.5 Å². The largest absolute Gasteiger partial charge is 0.356 e. The predicted octanol–water partition coefficient (Wildman–Crippen LogP) is 3.87. The molecule has 2 N–H and O–H groups in total. The number of halogens is 1. The fraction of sp³-hybridized carbons (Fsp3) is 0.348. The molecule has 0 aliphatic rings. The Morgan fingerprint density at radius 2 is 1.60 bits per heavy atom. The number of hydrogen-bond acceptors (Lipinski definition) is 3. The lowest BCUT2D eigenvalue weighted by Crippen LogP contribution is -2.40.